The number of rotatable bonds is 31. The number of unbranched alkanes of at least 4 members (excludes halogenated alkanes) is 23. The molecule has 0 aromatic heterocycles. The first-order valence-corrected chi connectivity index (χ1v) is 16.6. The van der Waals surface area contributed by atoms with E-state index in [1.165, 1.54) is 141 Å². The Labute approximate surface area is 236 Å². The number of hydrogen-bond donors (Lipinski definition) is 1. The molecular formula is C34H64O4. The van der Waals surface area contributed by atoms with Crippen molar-refractivity contribution in [2.45, 2.75) is 180 Å². The van der Waals surface area contributed by atoms with Crippen LogP contribution in [-0.2, 0) is 14.3 Å². The van der Waals surface area contributed by atoms with E-state index in [4.69, 9.17) is 9.84 Å². The molecule has 224 valence electrons. The Morgan fingerprint density at radius 1 is 0.632 bits per heavy atom. The molecule has 38 heavy (non-hydrogen) atoms. The van der Waals surface area contributed by atoms with Gasteiger partial charge in [0.25, 0.3) is 0 Å². The number of carbonyl (C=O) groups excluding carboxylic acids is 1. The third-order valence-corrected chi connectivity index (χ3v) is 7.66. The molecule has 0 heterocycles. The van der Waals surface area contributed by atoms with Crippen LogP contribution in [0, 0.1) is 5.92 Å². The van der Waals surface area contributed by atoms with Gasteiger partial charge in [0.05, 0.1) is 18.9 Å². The summed E-state index contributed by atoms with van der Waals surface area (Å²) in [4.78, 5) is 23.0. The van der Waals surface area contributed by atoms with Gasteiger partial charge < -0.3 is 9.84 Å². The molecule has 0 amide bonds. The van der Waals surface area contributed by atoms with Crippen molar-refractivity contribution in [2.24, 2.45) is 5.92 Å². The largest absolute Gasteiger partial charge is 0.481 e. The number of carboxylic acid groups (broad SMARTS) is 1. The molecule has 0 radical (unpaired) electrons. The van der Waals surface area contributed by atoms with E-state index in [2.05, 4.69) is 6.58 Å². The van der Waals surface area contributed by atoms with Crippen LogP contribution in [0.25, 0.3) is 0 Å². The van der Waals surface area contributed by atoms with E-state index < -0.39 is 11.9 Å². The molecule has 0 saturated carbocycles. The van der Waals surface area contributed by atoms with Crippen LogP contribution >= 0.6 is 0 Å². The van der Waals surface area contributed by atoms with Gasteiger partial charge in [0.2, 0.25) is 0 Å². The van der Waals surface area contributed by atoms with Crippen LogP contribution in [0.15, 0.2) is 12.7 Å². The summed E-state index contributed by atoms with van der Waals surface area (Å²) < 4.78 is 5.16. The summed E-state index contributed by atoms with van der Waals surface area (Å²) in [6.45, 7) is 6.11. The summed E-state index contributed by atoms with van der Waals surface area (Å²) in [5, 5.41) is 9.04. The topological polar surface area (TPSA) is 63.6 Å². The zero-order valence-corrected chi connectivity index (χ0v) is 25.3. The van der Waals surface area contributed by atoms with Gasteiger partial charge in [-0.3, -0.25) is 9.59 Å². The normalized spacial score (nSPS) is 11.9. The fourth-order valence-corrected chi connectivity index (χ4v) is 5.23. The van der Waals surface area contributed by atoms with E-state index in [1.807, 2.05) is 13.0 Å². The van der Waals surface area contributed by atoms with Crippen LogP contribution < -0.4 is 0 Å². The fraction of sp³-hybridized carbons (Fsp3) is 0.882. The van der Waals surface area contributed by atoms with E-state index >= 15 is 0 Å². The smallest absolute Gasteiger partial charge is 0.309 e. The number of aliphatic carboxylic acids is 1. The van der Waals surface area contributed by atoms with Crippen LogP contribution in [0.3, 0.4) is 0 Å². The van der Waals surface area contributed by atoms with E-state index in [0.29, 0.717) is 13.0 Å². The molecule has 1 atom stereocenters. The van der Waals surface area contributed by atoms with Crippen LogP contribution in [0.1, 0.15) is 180 Å². The van der Waals surface area contributed by atoms with Gasteiger partial charge in [-0.15, -0.1) is 6.58 Å². The Morgan fingerprint density at radius 2 is 0.974 bits per heavy atom. The van der Waals surface area contributed by atoms with E-state index in [0.717, 1.165) is 19.3 Å². The van der Waals surface area contributed by atoms with Crippen molar-refractivity contribution in [3.05, 3.63) is 12.7 Å². The average Bonchev–Trinajstić information content (AvgIpc) is 2.90. The van der Waals surface area contributed by atoms with E-state index in [1.54, 1.807) is 0 Å². The van der Waals surface area contributed by atoms with Crippen LogP contribution in [-0.4, -0.2) is 23.7 Å². The Balaban J connectivity index is 3.31. The predicted molar refractivity (Wildman–Crippen MR) is 163 cm³/mol. The van der Waals surface area contributed by atoms with Gasteiger partial charge in [-0.1, -0.05) is 154 Å². The van der Waals surface area contributed by atoms with Crippen molar-refractivity contribution in [2.75, 3.05) is 6.61 Å². The second-order valence-electron chi connectivity index (χ2n) is 11.5. The Bertz CT molecular complexity index is 531. The summed E-state index contributed by atoms with van der Waals surface area (Å²) >= 11 is 0. The third-order valence-electron chi connectivity index (χ3n) is 7.66. The quantitative estimate of drug-likeness (QED) is 0.0543. The lowest BCUT2D eigenvalue weighted by molar-refractivity contribution is -0.153. The van der Waals surface area contributed by atoms with Gasteiger partial charge >= 0.3 is 11.9 Å². The number of esters is 1. The maximum Gasteiger partial charge on any atom is 0.309 e. The number of carbonyl (C=O) groups is 2. The average molecular weight is 537 g/mol. The Hall–Kier alpha value is -1.32. The zero-order chi connectivity index (χ0) is 27.9. The number of carboxylic acids is 1. The van der Waals surface area contributed by atoms with Crippen molar-refractivity contribution in [3.8, 4) is 0 Å². The summed E-state index contributed by atoms with van der Waals surface area (Å²) in [5.41, 5.74) is 0. The van der Waals surface area contributed by atoms with Crippen LogP contribution in [0.5, 0.6) is 0 Å². The highest BCUT2D eigenvalue weighted by atomic mass is 16.5. The van der Waals surface area contributed by atoms with E-state index in [9.17, 15) is 9.59 Å². The summed E-state index contributed by atoms with van der Waals surface area (Å²) in [6, 6.07) is 0. The third kappa shape index (κ3) is 27.7. The number of allylic oxidation sites excluding steroid dienone is 1. The molecule has 4 heteroatoms. The number of ether oxygens (including phenoxy) is 1. The Morgan fingerprint density at radius 3 is 1.29 bits per heavy atom. The van der Waals surface area contributed by atoms with Gasteiger partial charge in [-0.05, 0) is 25.7 Å². The molecule has 1 unspecified atom stereocenters. The lowest BCUT2D eigenvalue weighted by atomic mass is 9.97. The minimum absolute atomic E-state index is 0.111. The van der Waals surface area contributed by atoms with Gasteiger partial charge in [0.15, 0.2) is 0 Å². The zero-order valence-electron chi connectivity index (χ0n) is 25.3. The first-order chi connectivity index (χ1) is 18.6. The molecule has 0 aromatic rings. The number of hydrogen-bond acceptors (Lipinski definition) is 3. The summed E-state index contributed by atoms with van der Waals surface area (Å²) in [5.74, 6) is -1.74. The SMILES string of the molecule is C=CCCCCCCCCCCCCCCCCCCCCCCCCCC(CC(=O)O)C(=O)OCCC. The highest BCUT2D eigenvalue weighted by Crippen LogP contribution is 2.19. The second kappa shape index (κ2) is 30.2. The lowest BCUT2D eigenvalue weighted by Crippen LogP contribution is -2.21. The molecule has 0 rings (SSSR count). The van der Waals surface area contributed by atoms with Crippen molar-refractivity contribution in [1.82, 2.24) is 0 Å². The van der Waals surface area contributed by atoms with Crippen LogP contribution in [0.4, 0.5) is 0 Å². The molecule has 0 aliphatic carbocycles. The van der Waals surface area contributed by atoms with E-state index in [-0.39, 0.29) is 12.4 Å². The molecule has 0 bridgehead atoms. The maximum absolute atomic E-state index is 12.0. The minimum atomic E-state index is -0.916. The van der Waals surface area contributed by atoms with Crippen molar-refractivity contribution >= 4 is 11.9 Å². The second-order valence-corrected chi connectivity index (χ2v) is 11.5. The highest BCUT2D eigenvalue weighted by Gasteiger charge is 2.22. The van der Waals surface area contributed by atoms with Gasteiger partial charge in [-0.2, -0.15) is 0 Å². The molecule has 4 nitrogen and oxygen atoms in total. The Kier molecular flexibility index (Phi) is 29.2. The summed E-state index contributed by atoms with van der Waals surface area (Å²) in [7, 11) is 0. The van der Waals surface area contributed by atoms with Crippen molar-refractivity contribution < 1.29 is 19.4 Å². The first kappa shape index (κ1) is 36.7. The molecular weight excluding hydrogens is 472 g/mol. The minimum Gasteiger partial charge on any atom is -0.481 e. The van der Waals surface area contributed by atoms with Gasteiger partial charge in [0, 0.05) is 0 Å². The predicted octanol–water partition coefficient (Wildman–Crippen LogP) is 11.0. The molecule has 0 aromatic carbocycles. The molecule has 0 aliphatic heterocycles. The fourth-order valence-electron chi connectivity index (χ4n) is 5.23. The van der Waals surface area contributed by atoms with Crippen molar-refractivity contribution in [3.63, 3.8) is 0 Å². The molecule has 0 fully saturated rings. The molecule has 0 spiro atoms. The lowest BCUT2D eigenvalue weighted by Gasteiger charge is -2.13. The van der Waals surface area contributed by atoms with Crippen LogP contribution in [0.2, 0.25) is 0 Å². The molecule has 0 saturated heterocycles. The maximum atomic E-state index is 12.0. The van der Waals surface area contributed by atoms with Crippen molar-refractivity contribution in [1.29, 1.82) is 0 Å². The standard InChI is InChI=1S/C34H64O4/c1-3-5-6-7-8-9-10-11-12-13-14-15-16-17-18-19-20-21-22-23-24-25-26-27-28-29-32(31-33(35)36)34(37)38-30-4-2/h3,32H,1,4-31H2,2H3,(H,35,36). The first-order valence-electron chi connectivity index (χ1n) is 16.6. The summed E-state index contributed by atoms with van der Waals surface area (Å²) in [6.07, 6.45) is 35.6. The molecule has 1 N–H and O–H groups in total. The van der Waals surface area contributed by atoms with Gasteiger partial charge in [-0.25, -0.2) is 0 Å². The highest BCUT2D eigenvalue weighted by molar-refractivity contribution is 5.79. The van der Waals surface area contributed by atoms with Gasteiger partial charge in [0.1, 0.15) is 0 Å². The molecule has 0 aliphatic rings. The monoisotopic (exact) mass is 536 g/mol.